The molecule has 1 unspecified atom stereocenters. The Bertz CT molecular complexity index is 296. The number of ether oxygens (including phenoxy) is 1. The molecule has 1 aromatic rings. The zero-order chi connectivity index (χ0) is 10.7. The Balaban J connectivity index is 2.00. The molecule has 1 aliphatic carbocycles. The van der Waals surface area contributed by atoms with Crippen LogP contribution in [0, 0.1) is 5.92 Å². The fourth-order valence-electron chi connectivity index (χ4n) is 2.28. The van der Waals surface area contributed by atoms with E-state index in [1.807, 2.05) is 0 Å². The van der Waals surface area contributed by atoms with Crippen LogP contribution >= 0.6 is 0 Å². The zero-order valence-electron chi connectivity index (χ0n) is 9.68. The number of rotatable bonds is 4. The molecule has 0 fully saturated rings. The van der Waals surface area contributed by atoms with Gasteiger partial charge in [-0.2, -0.15) is 0 Å². The summed E-state index contributed by atoms with van der Waals surface area (Å²) in [5.41, 5.74) is 2.68. The third-order valence-electron chi connectivity index (χ3n) is 3.00. The summed E-state index contributed by atoms with van der Waals surface area (Å²) in [6.45, 7) is 3.01. The van der Waals surface area contributed by atoms with Crippen molar-refractivity contribution in [2.75, 3.05) is 13.7 Å². The van der Waals surface area contributed by atoms with Crippen LogP contribution in [0.2, 0.25) is 0 Å². The predicted octanol–water partition coefficient (Wildman–Crippen LogP) is 2.11. The van der Waals surface area contributed by atoms with Crippen LogP contribution in [-0.4, -0.2) is 23.7 Å². The molecule has 1 N–H and O–H groups in total. The van der Waals surface area contributed by atoms with Gasteiger partial charge in [-0.05, 0) is 31.6 Å². The second-order valence-electron chi connectivity index (χ2n) is 4.58. The van der Waals surface area contributed by atoms with Crippen molar-refractivity contribution < 1.29 is 4.74 Å². The van der Waals surface area contributed by atoms with Crippen LogP contribution in [0.15, 0.2) is 0 Å². The number of hydrogen-bond acceptors (Lipinski definition) is 2. The van der Waals surface area contributed by atoms with Crippen LogP contribution in [0.25, 0.3) is 0 Å². The molecule has 3 nitrogen and oxygen atoms in total. The zero-order valence-corrected chi connectivity index (χ0v) is 9.68. The van der Waals surface area contributed by atoms with E-state index in [4.69, 9.17) is 4.74 Å². The quantitative estimate of drug-likeness (QED) is 0.823. The molecule has 84 valence electrons. The topological polar surface area (TPSA) is 37.9 Å². The van der Waals surface area contributed by atoms with Crippen molar-refractivity contribution in [2.45, 2.75) is 39.0 Å². The fourth-order valence-corrected chi connectivity index (χ4v) is 2.28. The number of nitrogens with zero attached hydrogens (tertiary/aromatic N) is 1. The first-order chi connectivity index (χ1) is 7.29. The Kier molecular flexibility index (Phi) is 3.41. The highest BCUT2D eigenvalue weighted by atomic mass is 16.5. The molecule has 1 aliphatic rings. The minimum atomic E-state index is 0.544. The van der Waals surface area contributed by atoms with E-state index in [9.17, 15) is 0 Å². The number of methoxy groups -OCH3 is 1. The average Bonchev–Trinajstić information content (AvgIpc) is 2.59. The van der Waals surface area contributed by atoms with Gasteiger partial charge in [-0.3, -0.25) is 0 Å². The van der Waals surface area contributed by atoms with Crippen molar-refractivity contribution in [3.8, 4) is 0 Å². The maximum Gasteiger partial charge on any atom is 0.106 e. The molecule has 3 heteroatoms. The summed E-state index contributed by atoms with van der Waals surface area (Å²) in [6.07, 6.45) is 5.94. The van der Waals surface area contributed by atoms with Crippen molar-refractivity contribution in [2.24, 2.45) is 5.92 Å². The molecule has 0 bridgehead atoms. The Morgan fingerprint density at radius 2 is 2.20 bits per heavy atom. The monoisotopic (exact) mass is 208 g/mol. The maximum atomic E-state index is 5.14. The molecule has 2 rings (SSSR count). The van der Waals surface area contributed by atoms with Crippen LogP contribution in [-0.2, 0) is 24.0 Å². The normalized spacial score (nSPS) is 17.5. The number of aryl methyl sites for hydroxylation is 2. The molecule has 0 radical (unpaired) electrons. The van der Waals surface area contributed by atoms with Gasteiger partial charge in [0.2, 0.25) is 0 Å². The molecule has 15 heavy (non-hydrogen) atoms. The Morgan fingerprint density at radius 1 is 1.40 bits per heavy atom. The van der Waals surface area contributed by atoms with Crippen molar-refractivity contribution in [1.82, 2.24) is 9.97 Å². The van der Waals surface area contributed by atoms with E-state index in [0.717, 1.165) is 25.3 Å². The molecule has 0 amide bonds. The number of hydrogen-bond donors (Lipinski definition) is 1. The van der Waals surface area contributed by atoms with Crippen LogP contribution in [0.5, 0.6) is 0 Å². The third kappa shape index (κ3) is 2.59. The number of imidazole rings is 1. The molecule has 0 aromatic carbocycles. The average molecular weight is 208 g/mol. The van der Waals surface area contributed by atoms with Crippen molar-refractivity contribution in [3.63, 3.8) is 0 Å². The van der Waals surface area contributed by atoms with Gasteiger partial charge in [-0.25, -0.2) is 4.98 Å². The standard InChI is InChI=1S/C12H20N2O/c1-9(8-15-2)7-12-13-10-5-3-4-6-11(10)14-12/h9H,3-8H2,1-2H3,(H,13,14). The van der Waals surface area contributed by atoms with Gasteiger partial charge in [-0.15, -0.1) is 0 Å². The van der Waals surface area contributed by atoms with Gasteiger partial charge in [0, 0.05) is 25.8 Å². The van der Waals surface area contributed by atoms with E-state index >= 15 is 0 Å². The second kappa shape index (κ2) is 4.79. The first-order valence-corrected chi connectivity index (χ1v) is 5.85. The number of fused-ring (bicyclic) bond motifs is 1. The smallest absolute Gasteiger partial charge is 0.106 e. The minimum absolute atomic E-state index is 0.544. The third-order valence-corrected chi connectivity index (χ3v) is 3.00. The summed E-state index contributed by atoms with van der Waals surface area (Å²) in [4.78, 5) is 8.12. The largest absolute Gasteiger partial charge is 0.384 e. The Hall–Kier alpha value is -0.830. The highest BCUT2D eigenvalue weighted by molar-refractivity contribution is 5.17. The van der Waals surface area contributed by atoms with Crippen molar-refractivity contribution in [3.05, 3.63) is 17.2 Å². The lowest BCUT2D eigenvalue weighted by molar-refractivity contribution is 0.159. The van der Waals surface area contributed by atoms with Crippen LogP contribution in [0.4, 0.5) is 0 Å². The van der Waals surface area contributed by atoms with E-state index < -0.39 is 0 Å². The molecular weight excluding hydrogens is 188 g/mol. The summed E-state index contributed by atoms with van der Waals surface area (Å²) in [5, 5.41) is 0. The number of nitrogens with one attached hydrogen (secondary N) is 1. The first-order valence-electron chi connectivity index (χ1n) is 5.85. The summed E-state index contributed by atoms with van der Waals surface area (Å²) >= 11 is 0. The number of H-pyrrole nitrogens is 1. The Morgan fingerprint density at radius 3 is 2.93 bits per heavy atom. The maximum absolute atomic E-state index is 5.14. The summed E-state index contributed by atoms with van der Waals surface area (Å²) in [5.74, 6) is 1.69. The number of aromatic amines is 1. The molecule has 1 atom stereocenters. The SMILES string of the molecule is COCC(C)Cc1nc2c([nH]1)CCCC2. The molecule has 0 aliphatic heterocycles. The summed E-state index contributed by atoms with van der Waals surface area (Å²) in [6, 6.07) is 0. The van der Waals surface area contributed by atoms with E-state index in [-0.39, 0.29) is 0 Å². The van der Waals surface area contributed by atoms with Crippen LogP contribution in [0.1, 0.15) is 37.0 Å². The van der Waals surface area contributed by atoms with Crippen LogP contribution < -0.4 is 0 Å². The number of aromatic nitrogens is 2. The van der Waals surface area contributed by atoms with E-state index in [1.165, 1.54) is 30.7 Å². The highest BCUT2D eigenvalue weighted by Gasteiger charge is 2.15. The van der Waals surface area contributed by atoms with Gasteiger partial charge in [0.1, 0.15) is 5.82 Å². The molecule has 0 spiro atoms. The lowest BCUT2D eigenvalue weighted by Crippen LogP contribution is -2.08. The van der Waals surface area contributed by atoms with Gasteiger partial charge >= 0.3 is 0 Å². The summed E-state index contributed by atoms with van der Waals surface area (Å²) < 4.78 is 5.14. The van der Waals surface area contributed by atoms with E-state index in [0.29, 0.717) is 5.92 Å². The Labute approximate surface area is 91.3 Å². The minimum Gasteiger partial charge on any atom is -0.384 e. The van der Waals surface area contributed by atoms with E-state index in [2.05, 4.69) is 16.9 Å². The highest BCUT2D eigenvalue weighted by Crippen LogP contribution is 2.19. The second-order valence-corrected chi connectivity index (χ2v) is 4.58. The molecule has 0 saturated carbocycles. The lowest BCUT2D eigenvalue weighted by atomic mass is 10.0. The fraction of sp³-hybridized carbons (Fsp3) is 0.750. The van der Waals surface area contributed by atoms with E-state index in [1.54, 1.807) is 7.11 Å². The first kappa shape index (κ1) is 10.7. The van der Waals surface area contributed by atoms with Gasteiger partial charge in [0.25, 0.3) is 0 Å². The van der Waals surface area contributed by atoms with Gasteiger partial charge in [-0.1, -0.05) is 6.92 Å². The van der Waals surface area contributed by atoms with Crippen LogP contribution in [0.3, 0.4) is 0 Å². The van der Waals surface area contributed by atoms with Gasteiger partial charge in [0.15, 0.2) is 0 Å². The molecule has 1 heterocycles. The molecule has 1 aromatic heterocycles. The predicted molar refractivity (Wildman–Crippen MR) is 60.0 cm³/mol. The van der Waals surface area contributed by atoms with Crippen molar-refractivity contribution >= 4 is 0 Å². The van der Waals surface area contributed by atoms with Gasteiger partial charge < -0.3 is 9.72 Å². The van der Waals surface area contributed by atoms with Gasteiger partial charge in [0.05, 0.1) is 5.69 Å². The molecule has 0 saturated heterocycles. The summed E-state index contributed by atoms with van der Waals surface area (Å²) in [7, 11) is 1.75. The van der Waals surface area contributed by atoms with Crippen molar-refractivity contribution in [1.29, 1.82) is 0 Å². The molecular formula is C12H20N2O. The lowest BCUT2D eigenvalue weighted by Gasteiger charge is -2.07.